The molecule has 7 heteroatoms. The summed E-state index contributed by atoms with van der Waals surface area (Å²) in [6.45, 7) is 4.71. The molecule has 2 amide bonds. The van der Waals surface area contributed by atoms with Crippen molar-refractivity contribution in [1.29, 1.82) is 0 Å². The van der Waals surface area contributed by atoms with Gasteiger partial charge in [-0.25, -0.2) is 0 Å². The first-order valence-corrected chi connectivity index (χ1v) is 8.03. The van der Waals surface area contributed by atoms with Crippen molar-refractivity contribution in [3.63, 3.8) is 0 Å². The number of hydrogen-bond donors (Lipinski definition) is 1. The lowest BCUT2D eigenvalue weighted by Gasteiger charge is -2.33. The van der Waals surface area contributed by atoms with Crippen LogP contribution in [0.3, 0.4) is 0 Å². The summed E-state index contributed by atoms with van der Waals surface area (Å²) in [5.74, 6) is 0.342. The van der Waals surface area contributed by atoms with E-state index < -0.39 is 0 Å². The van der Waals surface area contributed by atoms with Crippen LogP contribution < -0.4 is 5.32 Å². The van der Waals surface area contributed by atoms with Gasteiger partial charge >= 0.3 is 0 Å². The van der Waals surface area contributed by atoms with Crippen LogP contribution in [0.15, 0.2) is 22.8 Å². The second-order valence-electron chi connectivity index (χ2n) is 6.05. The van der Waals surface area contributed by atoms with Crippen molar-refractivity contribution in [2.75, 3.05) is 59.9 Å². The lowest BCUT2D eigenvalue weighted by atomic mass is 10.2. The summed E-state index contributed by atoms with van der Waals surface area (Å²) in [4.78, 5) is 30.0. The van der Waals surface area contributed by atoms with E-state index in [1.807, 2.05) is 14.1 Å². The van der Waals surface area contributed by atoms with Crippen LogP contribution in [0.2, 0.25) is 0 Å². The number of amides is 2. The Balaban J connectivity index is 1.64. The van der Waals surface area contributed by atoms with Gasteiger partial charge < -0.3 is 19.5 Å². The first kappa shape index (κ1) is 17.5. The standard InChI is InChI=1S/C16H26N4O3/c1-18(2)7-4-6-17-15(21)13-19-8-10-20(11-9-19)16(22)14-5-3-12-23-14/h3,5,12H,4,6-11,13H2,1-2H3,(H,17,21). The second kappa shape index (κ2) is 8.69. The van der Waals surface area contributed by atoms with E-state index in [0.717, 1.165) is 13.0 Å². The Morgan fingerprint density at radius 2 is 2.00 bits per heavy atom. The topological polar surface area (TPSA) is 69.0 Å². The van der Waals surface area contributed by atoms with Crippen LogP contribution in [0.1, 0.15) is 17.0 Å². The van der Waals surface area contributed by atoms with Crippen LogP contribution >= 0.6 is 0 Å². The lowest BCUT2D eigenvalue weighted by molar-refractivity contribution is -0.122. The highest BCUT2D eigenvalue weighted by Gasteiger charge is 2.24. The number of piperazine rings is 1. The third-order valence-electron chi connectivity index (χ3n) is 3.86. The highest BCUT2D eigenvalue weighted by molar-refractivity contribution is 5.91. The van der Waals surface area contributed by atoms with Crippen molar-refractivity contribution in [3.05, 3.63) is 24.2 Å². The zero-order chi connectivity index (χ0) is 16.7. The molecule has 1 aromatic rings. The molecule has 0 spiro atoms. The number of hydrogen-bond acceptors (Lipinski definition) is 5. The summed E-state index contributed by atoms with van der Waals surface area (Å²) >= 11 is 0. The molecule has 7 nitrogen and oxygen atoms in total. The fourth-order valence-electron chi connectivity index (χ4n) is 2.55. The van der Waals surface area contributed by atoms with Gasteiger partial charge in [-0.1, -0.05) is 0 Å². The summed E-state index contributed by atoms with van der Waals surface area (Å²) < 4.78 is 5.14. The summed E-state index contributed by atoms with van der Waals surface area (Å²) in [5, 5.41) is 2.94. The van der Waals surface area contributed by atoms with Crippen LogP contribution in [0, 0.1) is 0 Å². The van der Waals surface area contributed by atoms with E-state index >= 15 is 0 Å². The zero-order valence-corrected chi connectivity index (χ0v) is 14.0. The molecule has 0 radical (unpaired) electrons. The molecule has 2 rings (SSSR count). The molecule has 2 heterocycles. The predicted molar refractivity (Wildman–Crippen MR) is 87.2 cm³/mol. The van der Waals surface area contributed by atoms with Crippen LogP contribution in [0.25, 0.3) is 0 Å². The van der Waals surface area contributed by atoms with E-state index in [4.69, 9.17) is 4.42 Å². The molecule has 1 aliphatic rings. The fourth-order valence-corrected chi connectivity index (χ4v) is 2.55. The van der Waals surface area contributed by atoms with Gasteiger partial charge in [-0.2, -0.15) is 0 Å². The Hall–Kier alpha value is -1.86. The molecule has 1 saturated heterocycles. The molecule has 1 N–H and O–H groups in total. The minimum atomic E-state index is -0.0808. The maximum absolute atomic E-state index is 12.1. The molecule has 0 aromatic carbocycles. The Labute approximate surface area is 137 Å². The third-order valence-corrected chi connectivity index (χ3v) is 3.86. The van der Waals surface area contributed by atoms with Gasteiger partial charge in [0.2, 0.25) is 5.91 Å². The van der Waals surface area contributed by atoms with Gasteiger partial charge in [0.25, 0.3) is 5.91 Å². The van der Waals surface area contributed by atoms with E-state index in [-0.39, 0.29) is 11.8 Å². The van der Waals surface area contributed by atoms with Crippen LogP contribution in [0.5, 0.6) is 0 Å². The van der Waals surface area contributed by atoms with E-state index in [1.54, 1.807) is 17.0 Å². The van der Waals surface area contributed by atoms with Crippen LogP contribution in [-0.4, -0.2) is 86.4 Å². The van der Waals surface area contributed by atoms with Crippen LogP contribution in [-0.2, 0) is 4.79 Å². The quantitative estimate of drug-likeness (QED) is 0.722. The van der Waals surface area contributed by atoms with Crippen LogP contribution in [0.4, 0.5) is 0 Å². The van der Waals surface area contributed by atoms with E-state index in [0.29, 0.717) is 45.0 Å². The molecule has 0 saturated carbocycles. The fraction of sp³-hybridized carbons (Fsp3) is 0.625. The number of furan rings is 1. The molecule has 0 bridgehead atoms. The maximum atomic E-state index is 12.1. The van der Waals surface area contributed by atoms with Gasteiger partial charge in [0.15, 0.2) is 5.76 Å². The second-order valence-corrected chi connectivity index (χ2v) is 6.05. The summed E-state index contributed by atoms with van der Waals surface area (Å²) in [7, 11) is 4.04. The predicted octanol–water partition coefficient (Wildman–Crippen LogP) is 0.105. The van der Waals surface area contributed by atoms with Crippen molar-refractivity contribution in [2.45, 2.75) is 6.42 Å². The number of carbonyl (C=O) groups is 2. The van der Waals surface area contributed by atoms with E-state index in [2.05, 4.69) is 15.1 Å². The van der Waals surface area contributed by atoms with Crippen molar-refractivity contribution in [2.24, 2.45) is 0 Å². The molecule has 0 aliphatic carbocycles. The summed E-state index contributed by atoms with van der Waals surface area (Å²) in [6.07, 6.45) is 2.45. The largest absolute Gasteiger partial charge is 0.459 e. The van der Waals surface area contributed by atoms with Gasteiger partial charge in [0.1, 0.15) is 0 Å². The average Bonchev–Trinajstić information content (AvgIpc) is 3.06. The molecule has 0 atom stereocenters. The van der Waals surface area contributed by atoms with Crippen molar-refractivity contribution in [1.82, 2.24) is 20.0 Å². The summed E-state index contributed by atoms with van der Waals surface area (Å²) in [6, 6.07) is 3.39. The number of nitrogens with one attached hydrogen (secondary N) is 1. The van der Waals surface area contributed by atoms with Gasteiger partial charge in [-0.15, -0.1) is 0 Å². The van der Waals surface area contributed by atoms with Gasteiger partial charge in [0.05, 0.1) is 12.8 Å². The Kier molecular flexibility index (Phi) is 6.61. The monoisotopic (exact) mass is 322 g/mol. The smallest absolute Gasteiger partial charge is 0.289 e. The molecule has 1 fully saturated rings. The number of nitrogens with zero attached hydrogens (tertiary/aromatic N) is 3. The first-order valence-electron chi connectivity index (χ1n) is 8.03. The molecule has 1 aromatic heterocycles. The maximum Gasteiger partial charge on any atom is 0.289 e. The highest BCUT2D eigenvalue weighted by atomic mass is 16.3. The highest BCUT2D eigenvalue weighted by Crippen LogP contribution is 2.09. The minimum absolute atomic E-state index is 0.0505. The van der Waals surface area contributed by atoms with Crippen molar-refractivity contribution < 1.29 is 14.0 Å². The molecule has 23 heavy (non-hydrogen) atoms. The third kappa shape index (κ3) is 5.69. The van der Waals surface area contributed by atoms with Crippen molar-refractivity contribution >= 4 is 11.8 Å². The van der Waals surface area contributed by atoms with E-state index in [9.17, 15) is 9.59 Å². The Morgan fingerprint density at radius 1 is 1.26 bits per heavy atom. The number of carbonyl (C=O) groups excluding carboxylic acids is 2. The number of rotatable bonds is 7. The average molecular weight is 322 g/mol. The Bertz CT molecular complexity index is 493. The van der Waals surface area contributed by atoms with Gasteiger partial charge in [-0.3, -0.25) is 14.5 Å². The first-order chi connectivity index (χ1) is 11.1. The van der Waals surface area contributed by atoms with E-state index in [1.165, 1.54) is 6.26 Å². The van der Waals surface area contributed by atoms with Crippen molar-refractivity contribution in [3.8, 4) is 0 Å². The molecular weight excluding hydrogens is 296 g/mol. The minimum Gasteiger partial charge on any atom is -0.459 e. The lowest BCUT2D eigenvalue weighted by Crippen LogP contribution is -2.51. The van der Waals surface area contributed by atoms with Gasteiger partial charge in [0, 0.05) is 32.7 Å². The molecule has 0 unspecified atom stereocenters. The summed E-state index contributed by atoms with van der Waals surface area (Å²) in [5.41, 5.74) is 0. The SMILES string of the molecule is CN(C)CCCNC(=O)CN1CCN(C(=O)c2ccco2)CC1. The molecule has 128 valence electrons. The normalized spacial score (nSPS) is 15.9. The zero-order valence-electron chi connectivity index (χ0n) is 14.0. The van der Waals surface area contributed by atoms with Gasteiger partial charge in [-0.05, 0) is 39.2 Å². The molecule has 1 aliphatic heterocycles. The Morgan fingerprint density at radius 3 is 2.61 bits per heavy atom. The molecular formula is C16H26N4O3.